The molecular weight excluding hydrogens is 364 g/mol. The minimum atomic E-state index is -1.05. The fraction of sp³-hybridized carbons (Fsp3) is 0.400. The van der Waals surface area contributed by atoms with Gasteiger partial charge in [0.15, 0.2) is 5.69 Å². The van der Waals surface area contributed by atoms with Crippen LogP contribution in [0, 0.1) is 6.92 Å². The van der Waals surface area contributed by atoms with E-state index in [1.54, 1.807) is 14.0 Å². The van der Waals surface area contributed by atoms with Crippen LogP contribution < -0.4 is 10.6 Å². The van der Waals surface area contributed by atoms with Crippen molar-refractivity contribution in [3.05, 3.63) is 34.4 Å². The van der Waals surface area contributed by atoms with Crippen molar-refractivity contribution < 1.29 is 19.5 Å². The van der Waals surface area contributed by atoms with E-state index in [0.717, 1.165) is 0 Å². The van der Waals surface area contributed by atoms with Crippen LogP contribution in [0.3, 0.4) is 0 Å². The Labute approximate surface area is 154 Å². The Balaban J connectivity index is 1.82. The van der Waals surface area contributed by atoms with E-state index in [1.165, 1.54) is 28.7 Å². The second-order valence-electron chi connectivity index (χ2n) is 5.61. The van der Waals surface area contributed by atoms with E-state index in [1.807, 2.05) is 0 Å². The summed E-state index contributed by atoms with van der Waals surface area (Å²) in [6, 6.07) is -0.873. The lowest BCUT2D eigenvalue weighted by Crippen LogP contribution is -2.34. The maximum atomic E-state index is 12.0. The van der Waals surface area contributed by atoms with Crippen molar-refractivity contribution >= 4 is 29.4 Å². The SMILES string of the molecule is Cc1c(Cl)c(C(=O)NCCNC(=O)c2cnn(C(C)C(=O)O)c2)nn1C. The summed E-state index contributed by atoms with van der Waals surface area (Å²) in [5.74, 6) is -1.91. The van der Waals surface area contributed by atoms with Gasteiger partial charge in [-0.15, -0.1) is 0 Å². The number of carbonyl (C=O) groups excluding carboxylic acids is 2. The molecule has 1 unspecified atom stereocenters. The molecule has 2 rings (SSSR count). The van der Waals surface area contributed by atoms with E-state index in [-0.39, 0.29) is 29.4 Å². The average molecular weight is 383 g/mol. The third kappa shape index (κ3) is 4.20. The van der Waals surface area contributed by atoms with Gasteiger partial charge in [0.1, 0.15) is 6.04 Å². The molecule has 140 valence electrons. The van der Waals surface area contributed by atoms with Crippen LogP contribution in [-0.2, 0) is 11.8 Å². The minimum Gasteiger partial charge on any atom is -0.480 e. The normalized spacial score (nSPS) is 11.8. The molecule has 11 heteroatoms. The summed E-state index contributed by atoms with van der Waals surface area (Å²) in [5, 5.41) is 22.3. The zero-order valence-electron chi connectivity index (χ0n) is 14.5. The lowest BCUT2D eigenvalue weighted by atomic mass is 10.3. The molecule has 3 N–H and O–H groups in total. The van der Waals surface area contributed by atoms with E-state index in [9.17, 15) is 14.4 Å². The fourth-order valence-electron chi connectivity index (χ4n) is 2.05. The van der Waals surface area contributed by atoms with Crippen molar-refractivity contribution in [1.29, 1.82) is 0 Å². The van der Waals surface area contributed by atoms with Crippen molar-refractivity contribution in [3.63, 3.8) is 0 Å². The van der Waals surface area contributed by atoms with Crippen LogP contribution in [0.4, 0.5) is 0 Å². The highest BCUT2D eigenvalue weighted by Gasteiger charge is 2.18. The first-order valence-corrected chi connectivity index (χ1v) is 8.12. The van der Waals surface area contributed by atoms with Gasteiger partial charge in [-0.3, -0.25) is 19.0 Å². The van der Waals surface area contributed by atoms with Crippen LogP contribution in [0.1, 0.15) is 39.5 Å². The van der Waals surface area contributed by atoms with Gasteiger partial charge >= 0.3 is 5.97 Å². The fourth-order valence-corrected chi connectivity index (χ4v) is 2.29. The number of nitrogens with zero attached hydrogens (tertiary/aromatic N) is 4. The Hall–Kier alpha value is -2.88. The predicted octanol–water partition coefficient (Wildman–Crippen LogP) is 0.384. The van der Waals surface area contributed by atoms with Gasteiger partial charge in [0.05, 0.1) is 22.5 Å². The van der Waals surface area contributed by atoms with Crippen molar-refractivity contribution in [2.45, 2.75) is 19.9 Å². The molecule has 2 amide bonds. The molecule has 0 fully saturated rings. The maximum absolute atomic E-state index is 12.0. The summed E-state index contributed by atoms with van der Waals surface area (Å²) in [6.07, 6.45) is 2.63. The van der Waals surface area contributed by atoms with Crippen LogP contribution >= 0.6 is 11.6 Å². The standard InChI is InChI=1S/C15H19ClN6O4/c1-8-11(16)12(20-21(8)3)14(24)18-5-4-17-13(23)10-6-19-22(7-10)9(2)15(25)26/h6-7,9H,4-5H2,1-3H3,(H,17,23)(H,18,24)(H,25,26). The Morgan fingerprint density at radius 1 is 1.27 bits per heavy atom. The quantitative estimate of drug-likeness (QED) is 0.593. The first kappa shape index (κ1) is 19.4. The number of hydrogen-bond acceptors (Lipinski definition) is 5. The summed E-state index contributed by atoms with van der Waals surface area (Å²) >= 11 is 6.04. The molecule has 1 atom stereocenters. The highest BCUT2D eigenvalue weighted by molar-refractivity contribution is 6.34. The maximum Gasteiger partial charge on any atom is 0.328 e. The predicted molar refractivity (Wildman–Crippen MR) is 92.2 cm³/mol. The third-order valence-electron chi connectivity index (χ3n) is 3.79. The molecule has 0 radical (unpaired) electrons. The number of hydrogen-bond donors (Lipinski definition) is 3. The Morgan fingerprint density at radius 3 is 2.42 bits per heavy atom. The number of carboxylic acid groups (broad SMARTS) is 1. The van der Waals surface area contributed by atoms with Crippen LogP contribution in [0.15, 0.2) is 12.4 Å². The molecule has 0 aliphatic heterocycles. The molecule has 0 saturated heterocycles. The first-order chi connectivity index (χ1) is 12.2. The van der Waals surface area contributed by atoms with Crippen LogP contribution in [-0.4, -0.2) is 55.5 Å². The molecule has 0 aliphatic rings. The highest BCUT2D eigenvalue weighted by atomic mass is 35.5. The molecule has 0 saturated carbocycles. The number of rotatable bonds is 7. The summed E-state index contributed by atoms with van der Waals surface area (Å²) in [5.41, 5.74) is 1.03. The van der Waals surface area contributed by atoms with Crippen LogP contribution in [0.25, 0.3) is 0 Å². The molecule has 0 aromatic carbocycles. The zero-order chi connectivity index (χ0) is 19.4. The van der Waals surface area contributed by atoms with Gasteiger partial charge in [0.25, 0.3) is 11.8 Å². The molecule has 10 nitrogen and oxygen atoms in total. The second-order valence-corrected chi connectivity index (χ2v) is 5.98. The summed E-state index contributed by atoms with van der Waals surface area (Å²) < 4.78 is 2.69. The van der Waals surface area contributed by atoms with Gasteiger partial charge in [0.2, 0.25) is 0 Å². The monoisotopic (exact) mass is 382 g/mol. The smallest absolute Gasteiger partial charge is 0.328 e. The number of nitrogens with one attached hydrogen (secondary N) is 2. The number of aliphatic carboxylic acids is 1. The Kier molecular flexibility index (Phi) is 5.98. The molecule has 0 spiro atoms. The molecule has 26 heavy (non-hydrogen) atoms. The van der Waals surface area contributed by atoms with Crippen molar-refractivity contribution in [1.82, 2.24) is 30.2 Å². The topological polar surface area (TPSA) is 131 Å². The lowest BCUT2D eigenvalue weighted by molar-refractivity contribution is -0.140. The van der Waals surface area contributed by atoms with Gasteiger partial charge in [-0.2, -0.15) is 10.2 Å². The number of amides is 2. The summed E-state index contributed by atoms with van der Waals surface area (Å²) in [6.45, 7) is 3.55. The van der Waals surface area contributed by atoms with Crippen molar-refractivity contribution in [3.8, 4) is 0 Å². The molecular formula is C15H19ClN6O4. The Morgan fingerprint density at radius 2 is 1.88 bits per heavy atom. The first-order valence-electron chi connectivity index (χ1n) is 7.74. The van der Waals surface area contributed by atoms with E-state index in [2.05, 4.69) is 20.8 Å². The Bertz CT molecular complexity index is 843. The number of aryl methyl sites for hydroxylation is 1. The van der Waals surface area contributed by atoms with Gasteiger partial charge in [0, 0.05) is 26.3 Å². The van der Waals surface area contributed by atoms with E-state index in [0.29, 0.717) is 5.69 Å². The molecule has 0 bridgehead atoms. The second kappa shape index (κ2) is 8.00. The van der Waals surface area contributed by atoms with Crippen LogP contribution in [0.5, 0.6) is 0 Å². The van der Waals surface area contributed by atoms with Gasteiger partial charge in [-0.25, -0.2) is 4.79 Å². The summed E-state index contributed by atoms with van der Waals surface area (Å²) in [4.78, 5) is 34.9. The van der Waals surface area contributed by atoms with Crippen molar-refractivity contribution in [2.24, 2.45) is 7.05 Å². The van der Waals surface area contributed by atoms with Gasteiger partial charge in [-0.1, -0.05) is 11.6 Å². The largest absolute Gasteiger partial charge is 0.480 e. The zero-order valence-corrected chi connectivity index (χ0v) is 15.2. The van der Waals surface area contributed by atoms with E-state index < -0.39 is 23.8 Å². The van der Waals surface area contributed by atoms with Crippen LogP contribution in [0.2, 0.25) is 5.02 Å². The number of halogens is 1. The van der Waals surface area contributed by atoms with E-state index in [4.69, 9.17) is 16.7 Å². The van der Waals surface area contributed by atoms with E-state index >= 15 is 0 Å². The van der Waals surface area contributed by atoms with Gasteiger partial charge in [-0.05, 0) is 13.8 Å². The molecule has 2 heterocycles. The number of aromatic nitrogens is 4. The number of carboxylic acids is 1. The average Bonchev–Trinajstić information content (AvgIpc) is 3.19. The highest BCUT2D eigenvalue weighted by Crippen LogP contribution is 2.18. The number of carbonyl (C=O) groups is 3. The third-order valence-corrected chi connectivity index (χ3v) is 4.24. The van der Waals surface area contributed by atoms with Crippen molar-refractivity contribution in [2.75, 3.05) is 13.1 Å². The molecule has 0 aliphatic carbocycles. The lowest BCUT2D eigenvalue weighted by Gasteiger charge is -2.06. The van der Waals surface area contributed by atoms with Gasteiger partial charge < -0.3 is 15.7 Å². The molecule has 2 aromatic heterocycles. The summed E-state index contributed by atoms with van der Waals surface area (Å²) in [7, 11) is 1.68. The molecule has 2 aromatic rings. The minimum absolute atomic E-state index is 0.127.